The van der Waals surface area contributed by atoms with Crippen LogP contribution < -0.4 is 10.2 Å². The standard InChI is InChI=1S/C23H26N4O3/c1-3-16-9-4-5-10-17(16)24-21(28)15-20-22(29)26(13-8-14-30-2)23-25-18-11-6-7-12-19(18)27(20)23/h4-7,9-12,20H,3,8,13-15H2,1-2H3,(H,24,28)/t20-/m1/s1. The molecule has 2 aromatic carbocycles. The van der Waals surface area contributed by atoms with Crippen molar-refractivity contribution in [1.82, 2.24) is 9.55 Å². The summed E-state index contributed by atoms with van der Waals surface area (Å²) in [5, 5.41) is 2.98. The van der Waals surface area contributed by atoms with Gasteiger partial charge in [-0.05, 0) is 36.6 Å². The molecular weight excluding hydrogens is 380 g/mol. The van der Waals surface area contributed by atoms with E-state index in [-0.39, 0.29) is 18.2 Å². The summed E-state index contributed by atoms with van der Waals surface area (Å²) in [4.78, 5) is 32.4. The second-order valence-electron chi connectivity index (χ2n) is 7.39. The number of methoxy groups -OCH3 is 1. The molecule has 0 fully saturated rings. The van der Waals surface area contributed by atoms with Crippen molar-refractivity contribution in [2.24, 2.45) is 0 Å². The number of imidazole rings is 1. The first-order valence-corrected chi connectivity index (χ1v) is 10.3. The first-order valence-electron chi connectivity index (χ1n) is 10.3. The third-order valence-electron chi connectivity index (χ3n) is 5.46. The maximum atomic E-state index is 13.2. The minimum Gasteiger partial charge on any atom is -0.385 e. The van der Waals surface area contributed by atoms with Crippen LogP contribution in [-0.2, 0) is 20.7 Å². The zero-order valence-corrected chi connectivity index (χ0v) is 17.3. The lowest BCUT2D eigenvalue weighted by atomic mass is 10.1. The number of hydrogen-bond donors (Lipinski definition) is 1. The van der Waals surface area contributed by atoms with Crippen molar-refractivity contribution in [3.63, 3.8) is 0 Å². The zero-order chi connectivity index (χ0) is 21.1. The maximum Gasteiger partial charge on any atom is 0.253 e. The highest BCUT2D eigenvalue weighted by Gasteiger charge is 2.40. The smallest absolute Gasteiger partial charge is 0.253 e. The lowest BCUT2D eigenvalue weighted by molar-refractivity contribution is -0.124. The molecule has 4 rings (SSSR count). The molecule has 0 bridgehead atoms. The van der Waals surface area contributed by atoms with Crippen molar-refractivity contribution in [3.05, 3.63) is 54.1 Å². The fraction of sp³-hybridized carbons (Fsp3) is 0.348. The van der Waals surface area contributed by atoms with E-state index in [0.29, 0.717) is 25.5 Å². The molecule has 0 unspecified atom stereocenters. The minimum atomic E-state index is -0.608. The van der Waals surface area contributed by atoms with Crippen LogP contribution >= 0.6 is 0 Å². The average Bonchev–Trinajstić information content (AvgIpc) is 3.24. The predicted molar refractivity (Wildman–Crippen MR) is 117 cm³/mol. The van der Waals surface area contributed by atoms with E-state index in [0.717, 1.165) is 28.7 Å². The molecule has 1 aliphatic rings. The van der Waals surface area contributed by atoms with Gasteiger partial charge in [-0.2, -0.15) is 0 Å². The first-order chi connectivity index (χ1) is 14.6. The molecule has 7 nitrogen and oxygen atoms in total. The van der Waals surface area contributed by atoms with Gasteiger partial charge < -0.3 is 10.1 Å². The van der Waals surface area contributed by atoms with Crippen LogP contribution in [0.1, 0.15) is 31.4 Å². The van der Waals surface area contributed by atoms with E-state index in [4.69, 9.17) is 4.74 Å². The van der Waals surface area contributed by atoms with Gasteiger partial charge in [0.05, 0.1) is 17.5 Å². The van der Waals surface area contributed by atoms with E-state index in [9.17, 15) is 9.59 Å². The number of nitrogens with one attached hydrogen (secondary N) is 1. The van der Waals surface area contributed by atoms with Crippen molar-refractivity contribution in [1.29, 1.82) is 0 Å². The summed E-state index contributed by atoms with van der Waals surface area (Å²) >= 11 is 0. The number of aromatic nitrogens is 2. The summed E-state index contributed by atoms with van der Waals surface area (Å²) < 4.78 is 7.03. The largest absolute Gasteiger partial charge is 0.385 e. The number of amides is 2. The highest BCUT2D eigenvalue weighted by molar-refractivity contribution is 6.05. The van der Waals surface area contributed by atoms with E-state index >= 15 is 0 Å². The van der Waals surface area contributed by atoms with E-state index in [1.165, 1.54) is 0 Å². The Morgan fingerprint density at radius 3 is 2.73 bits per heavy atom. The molecule has 0 radical (unpaired) electrons. The normalized spacial score (nSPS) is 15.6. The molecule has 0 saturated carbocycles. The van der Waals surface area contributed by atoms with Gasteiger partial charge in [0, 0.05) is 25.9 Å². The number of benzene rings is 2. The highest BCUT2D eigenvalue weighted by Crippen LogP contribution is 2.36. The number of carbonyl (C=O) groups is 2. The molecule has 0 saturated heterocycles. The van der Waals surface area contributed by atoms with E-state index < -0.39 is 6.04 Å². The molecule has 1 atom stereocenters. The SMILES string of the molecule is CCc1ccccc1NC(=O)C[C@@H]1C(=O)N(CCCOC)c2nc3ccccc3n21. The number of carbonyl (C=O) groups excluding carboxylic acids is 2. The van der Waals surface area contributed by atoms with Crippen LogP contribution in [0.3, 0.4) is 0 Å². The van der Waals surface area contributed by atoms with Crippen molar-refractivity contribution in [2.75, 3.05) is 30.5 Å². The molecule has 7 heteroatoms. The second kappa shape index (κ2) is 8.67. The second-order valence-corrected chi connectivity index (χ2v) is 7.39. The minimum absolute atomic E-state index is 0.0605. The van der Waals surface area contributed by atoms with Crippen LogP contribution in [0.25, 0.3) is 11.0 Å². The number of anilines is 2. The summed E-state index contributed by atoms with van der Waals surface area (Å²) in [5.74, 6) is 0.319. The summed E-state index contributed by atoms with van der Waals surface area (Å²) in [5.41, 5.74) is 3.54. The van der Waals surface area contributed by atoms with Gasteiger partial charge in [0.15, 0.2) is 0 Å². The van der Waals surface area contributed by atoms with Crippen LogP contribution in [0.2, 0.25) is 0 Å². The summed E-state index contributed by atoms with van der Waals surface area (Å²) in [7, 11) is 1.64. The van der Waals surface area contributed by atoms with Gasteiger partial charge in [-0.3, -0.25) is 19.1 Å². The number of para-hydroxylation sites is 3. The third kappa shape index (κ3) is 3.68. The summed E-state index contributed by atoms with van der Waals surface area (Å²) in [6.45, 7) is 3.11. The van der Waals surface area contributed by atoms with Gasteiger partial charge >= 0.3 is 0 Å². The molecular formula is C23H26N4O3. The van der Waals surface area contributed by atoms with Crippen LogP contribution in [0.5, 0.6) is 0 Å². The van der Waals surface area contributed by atoms with Crippen LogP contribution in [0.15, 0.2) is 48.5 Å². The molecule has 0 spiro atoms. The number of hydrogen-bond acceptors (Lipinski definition) is 4. The molecule has 30 heavy (non-hydrogen) atoms. The quantitative estimate of drug-likeness (QED) is 0.581. The van der Waals surface area contributed by atoms with Crippen molar-refractivity contribution < 1.29 is 14.3 Å². The van der Waals surface area contributed by atoms with Crippen LogP contribution in [0, 0.1) is 0 Å². The monoisotopic (exact) mass is 406 g/mol. The van der Waals surface area contributed by atoms with E-state index in [1.807, 2.05) is 60.0 Å². The van der Waals surface area contributed by atoms with Gasteiger partial charge in [-0.15, -0.1) is 0 Å². The zero-order valence-electron chi connectivity index (χ0n) is 17.3. The fourth-order valence-electron chi connectivity index (χ4n) is 4.00. The average molecular weight is 406 g/mol. The highest BCUT2D eigenvalue weighted by atomic mass is 16.5. The Morgan fingerprint density at radius 1 is 1.17 bits per heavy atom. The van der Waals surface area contributed by atoms with E-state index in [2.05, 4.69) is 10.3 Å². The van der Waals surface area contributed by atoms with E-state index in [1.54, 1.807) is 12.0 Å². The molecule has 1 aliphatic heterocycles. The summed E-state index contributed by atoms with van der Waals surface area (Å²) in [6, 6.07) is 14.8. The Hall–Kier alpha value is -3.19. The van der Waals surface area contributed by atoms with Crippen molar-refractivity contribution in [3.8, 4) is 0 Å². The Balaban J connectivity index is 1.61. The Kier molecular flexibility index (Phi) is 5.81. The Morgan fingerprint density at radius 2 is 1.93 bits per heavy atom. The third-order valence-corrected chi connectivity index (χ3v) is 5.46. The van der Waals surface area contributed by atoms with Crippen molar-refractivity contribution in [2.45, 2.75) is 32.2 Å². The molecule has 2 amide bonds. The van der Waals surface area contributed by atoms with Crippen molar-refractivity contribution >= 4 is 34.5 Å². The number of fused-ring (bicyclic) bond motifs is 3. The van der Waals surface area contributed by atoms with Gasteiger partial charge in [0.1, 0.15) is 6.04 Å². The number of aryl methyl sites for hydroxylation is 1. The Labute approximate surface area is 175 Å². The topological polar surface area (TPSA) is 76.5 Å². The molecule has 3 aromatic rings. The van der Waals surface area contributed by atoms with Gasteiger partial charge in [-0.1, -0.05) is 37.3 Å². The molecule has 156 valence electrons. The number of rotatable bonds is 8. The van der Waals surface area contributed by atoms with Crippen LogP contribution in [-0.4, -0.2) is 41.6 Å². The lowest BCUT2D eigenvalue weighted by Gasteiger charge is -2.16. The fourth-order valence-corrected chi connectivity index (χ4v) is 4.00. The number of ether oxygens (including phenoxy) is 1. The molecule has 0 aliphatic carbocycles. The summed E-state index contributed by atoms with van der Waals surface area (Å²) in [6.07, 6.45) is 1.58. The predicted octanol–water partition coefficient (Wildman–Crippen LogP) is 3.55. The van der Waals surface area contributed by atoms with Crippen LogP contribution in [0.4, 0.5) is 11.6 Å². The maximum absolute atomic E-state index is 13.2. The van der Waals surface area contributed by atoms with Gasteiger partial charge in [0.25, 0.3) is 5.91 Å². The lowest BCUT2D eigenvalue weighted by Crippen LogP contribution is -2.32. The van der Waals surface area contributed by atoms with Gasteiger partial charge in [-0.25, -0.2) is 4.98 Å². The molecule has 1 aromatic heterocycles. The first kappa shape index (κ1) is 20.1. The Bertz CT molecular complexity index is 1080. The molecule has 2 heterocycles. The van der Waals surface area contributed by atoms with Gasteiger partial charge in [0.2, 0.25) is 11.9 Å². The molecule has 1 N–H and O–H groups in total. The number of nitrogens with zero attached hydrogens (tertiary/aromatic N) is 3.